The fourth-order valence-corrected chi connectivity index (χ4v) is 3.30. The molecule has 0 spiro atoms. The van der Waals surface area contributed by atoms with Crippen LogP contribution in [0.5, 0.6) is 5.75 Å². The van der Waals surface area contributed by atoms with Crippen molar-refractivity contribution >= 4 is 28.9 Å². The molecule has 2 aromatic carbocycles. The Labute approximate surface area is 165 Å². The number of nitrogens with one attached hydrogen (secondary N) is 2. The van der Waals surface area contributed by atoms with E-state index in [2.05, 4.69) is 22.8 Å². The van der Waals surface area contributed by atoms with Crippen LogP contribution in [-0.4, -0.2) is 29.1 Å². The summed E-state index contributed by atoms with van der Waals surface area (Å²) in [6, 6.07) is 15.9. The van der Waals surface area contributed by atoms with Crippen LogP contribution in [0.15, 0.2) is 48.5 Å². The smallest absolute Gasteiger partial charge is 0.222 e. The SMILES string of the molecule is CCOc1ccc(NC(=S)NCc2ccccc2CN2CCCC2=O)cc1. The van der Waals surface area contributed by atoms with Gasteiger partial charge in [-0.05, 0) is 61.0 Å². The van der Waals surface area contributed by atoms with Gasteiger partial charge in [-0.1, -0.05) is 24.3 Å². The molecule has 0 radical (unpaired) electrons. The molecule has 1 aliphatic rings. The molecule has 1 saturated heterocycles. The molecule has 0 unspecified atom stereocenters. The fraction of sp³-hybridized carbons (Fsp3) is 0.333. The summed E-state index contributed by atoms with van der Waals surface area (Å²) >= 11 is 5.41. The minimum atomic E-state index is 0.241. The Balaban J connectivity index is 1.54. The molecule has 0 saturated carbocycles. The summed E-state index contributed by atoms with van der Waals surface area (Å²) in [4.78, 5) is 13.8. The van der Waals surface area contributed by atoms with Gasteiger partial charge in [-0.15, -0.1) is 0 Å². The predicted octanol–water partition coefficient (Wildman–Crippen LogP) is 3.69. The van der Waals surface area contributed by atoms with Crippen molar-refractivity contribution < 1.29 is 9.53 Å². The summed E-state index contributed by atoms with van der Waals surface area (Å²) < 4.78 is 5.44. The number of likely N-dealkylation sites (tertiary alicyclic amines) is 1. The number of rotatable bonds is 7. The summed E-state index contributed by atoms with van der Waals surface area (Å²) in [7, 11) is 0. The van der Waals surface area contributed by atoms with Crippen LogP contribution < -0.4 is 15.4 Å². The Bertz CT molecular complexity index is 792. The van der Waals surface area contributed by atoms with Crippen LogP contribution in [0.4, 0.5) is 5.69 Å². The highest BCUT2D eigenvalue weighted by Crippen LogP contribution is 2.18. The van der Waals surface area contributed by atoms with Gasteiger partial charge >= 0.3 is 0 Å². The van der Waals surface area contributed by atoms with Gasteiger partial charge in [0, 0.05) is 31.7 Å². The van der Waals surface area contributed by atoms with Crippen LogP contribution >= 0.6 is 12.2 Å². The second kappa shape index (κ2) is 9.37. The molecule has 1 aliphatic heterocycles. The van der Waals surface area contributed by atoms with Crippen molar-refractivity contribution in [3.63, 3.8) is 0 Å². The number of ether oxygens (including phenoxy) is 1. The minimum Gasteiger partial charge on any atom is -0.494 e. The number of thiocarbonyl (C=S) groups is 1. The zero-order chi connectivity index (χ0) is 19.1. The largest absolute Gasteiger partial charge is 0.494 e. The molecule has 5 nitrogen and oxygen atoms in total. The lowest BCUT2D eigenvalue weighted by atomic mass is 10.1. The first-order valence-corrected chi connectivity index (χ1v) is 9.69. The van der Waals surface area contributed by atoms with Gasteiger partial charge in [0.05, 0.1) is 6.61 Å². The number of carbonyl (C=O) groups is 1. The van der Waals surface area contributed by atoms with E-state index in [0.717, 1.165) is 35.5 Å². The van der Waals surface area contributed by atoms with E-state index in [0.29, 0.717) is 31.2 Å². The second-order valence-corrected chi connectivity index (χ2v) is 6.86. The van der Waals surface area contributed by atoms with E-state index in [4.69, 9.17) is 17.0 Å². The van der Waals surface area contributed by atoms with E-state index in [1.54, 1.807) is 0 Å². The molecule has 0 aromatic heterocycles. The van der Waals surface area contributed by atoms with E-state index >= 15 is 0 Å². The first-order valence-electron chi connectivity index (χ1n) is 9.28. The highest BCUT2D eigenvalue weighted by Gasteiger charge is 2.20. The lowest BCUT2D eigenvalue weighted by molar-refractivity contribution is -0.128. The van der Waals surface area contributed by atoms with Crippen LogP contribution in [0.3, 0.4) is 0 Å². The molecular weight excluding hydrogens is 358 g/mol. The van der Waals surface area contributed by atoms with Crippen molar-refractivity contribution in [2.24, 2.45) is 0 Å². The van der Waals surface area contributed by atoms with Crippen LogP contribution in [-0.2, 0) is 17.9 Å². The lowest BCUT2D eigenvalue weighted by Gasteiger charge is -2.19. The monoisotopic (exact) mass is 383 g/mol. The molecule has 0 atom stereocenters. The van der Waals surface area contributed by atoms with Gasteiger partial charge in [-0.3, -0.25) is 4.79 Å². The van der Waals surface area contributed by atoms with Crippen molar-refractivity contribution in [1.29, 1.82) is 0 Å². The molecule has 27 heavy (non-hydrogen) atoms. The summed E-state index contributed by atoms with van der Waals surface area (Å²) in [5, 5.41) is 6.99. The van der Waals surface area contributed by atoms with E-state index in [-0.39, 0.29) is 5.91 Å². The first-order chi connectivity index (χ1) is 13.2. The molecule has 2 aromatic rings. The molecule has 142 valence electrons. The number of carbonyl (C=O) groups excluding carboxylic acids is 1. The second-order valence-electron chi connectivity index (χ2n) is 6.45. The maximum atomic E-state index is 11.9. The zero-order valence-electron chi connectivity index (χ0n) is 15.5. The molecule has 0 bridgehead atoms. The van der Waals surface area contributed by atoms with Crippen molar-refractivity contribution in [3.05, 3.63) is 59.7 Å². The minimum absolute atomic E-state index is 0.241. The van der Waals surface area contributed by atoms with Crippen LogP contribution in [0.1, 0.15) is 30.9 Å². The summed E-state index contributed by atoms with van der Waals surface area (Å²) in [6.07, 6.45) is 1.62. The molecule has 2 N–H and O–H groups in total. The van der Waals surface area contributed by atoms with Gasteiger partial charge in [0.25, 0.3) is 0 Å². The number of anilines is 1. The fourth-order valence-electron chi connectivity index (χ4n) is 3.11. The Hall–Kier alpha value is -2.60. The third-order valence-corrected chi connectivity index (χ3v) is 4.76. The summed E-state index contributed by atoms with van der Waals surface area (Å²) in [5.41, 5.74) is 3.21. The maximum Gasteiger partial charge on any atom is 0.222 e. The Morgan fingerprint density at radius 3 is 2.56 bits per heavy atom. The normalized spacial score (nSPS) is 13.5. The molecule has 3 rings (SSSR count). The van der Waals surface area contributed by atoms with Gasteiger partial charge in [0.1, 0.15) is 5.75 Å². The van der Waals surface area contributed by atoms with Crippen LogP contribution in [0.25, 0.3) is 0 Å². The summed E-state index contributed by atoms with van der Waals surface area (Å²) in [6.45, 7) is 4.73. The molecular formula is C21H25N3O2S. The number of hydrogen-bond donors (Lipinski definition) is 2. The van der Waals surface area contributed by atoms with Crippen molar-refractivity contribution in [3.8, 4) is 5.75 Å². The first kappa shape index (κ1) is 19.2. The van der Waals surface area contributed by atoms with E-state index in [1.165, 1.54) is 0 Å². The Morgan fingerprint density at radius 1 is 1.15 bits per heavy atom. The third-order valence-electron chi connectivity index (χ3n) is 4.51. The number of benzene rings is 2. The van der Waals surface area contributed by atoms with Gasteiger partial charge in [-0.2, -0.15) is 0 Å². The zero-order valence-corrected chi connectivity index (χ0v) is 16.3. The average molecular weight is 384 g/mol. The van der Waals surface area contributed by atoms with Gasteiger partial charge in [0.2, 0.25) is 5.91 Å². The van der Waals surface area contributed by atoms with Gasteiger partial charge in [0.15, 0.2) is 5.11 Å². The molecule has 0 aliphatic carbocycles. The summed E-state index contributed by atoms with van der Waals surface area (Å²) in [5.74, 6) is 1.08. The Kier molecular flexibility index (Phi) is 6.65. The van der Waals surface area contributed by atoms with E-state index < -0.39 is 0 Å². The molecule has 1 fully saturated rings. The average Bonchev–Trinajstić information content (AvgIpc) is 3.07. The van der Waals surface area contributed by atoms with Crippen molar-refractivity contribution in [1.82, 2.24) is 10.2 Å². The predicted molar refractivity (Wildman–Crippen MR) is 112 cm³/mol. The Morgan fingerprint density at radius 2 is 1.89 bits per heavy atom. The molecule has 6 heteroatoms. The number of nitrogens with zero attached hydrogens (tertiary/aromatic N) is 1. The van der Waals surface area contributed by atoms with Gasteiger partial charge < -0.3 is 20.3 Å². The number of amides is 1. The van der Waals surface area contributed by atoms with E-state index in [1.807, 2.05) is 48.2 Å². The van der Waals surface area contributed by atoms with Gasteiger partial charge in [-0.25, -0.2) is 0 Å². The van der Waals surface area contributed by atoms with E-state index in [9.17, 15) is 4.79 Å². The quantitative estimate of drug-likeness (QED) is 0.714. The molecule has 1 heterocycles. The topological polar surface area (TPSA) is 53.6 Å². The maximum absolute atomic E-state index is 11.9. The van der Waals surface area contributed by atoms with Crippen molar-refractivity contribution in [2.75, 3.05) is 18.5 Å². The molecule has 1 amide bonds. The highest BCUT2D eigenvalue weighted by molar-refractivity contribution is 7.80. The number of hydrogen-bond acceptors (Lipinski definition) is 3. The van der Waals surface area contributed by atoms with Crippen molar-refractivity contribution in [2.45, 2.75) is 32.9 Å². The third kappa shape index (κ3) is 5.44. The van der Waals surface area contributed by atoms with Crippen LogP contribution in [0.2, 0.25) is 0 Å². The lowest BCUT2D eigenvalue weighted by Crippen LogP contribution is -2.29. The van der Waals surface area contributed by atoms with Crippen LogP contribution in [0, 0.1) is 0 Å². The standard InChI is InChI=1S/C21H25N3O2S/c1-2-26-19-11-9-18(10-12-19)23-21(27)22-14-16-6-3-4-7-17(16)15-24-13-5-8-20(24)25/h3-4,6-7,9-12H,2,5,8,13-15H2,1H3,(H2,22,23,27). The highest BCUT2D eigenvalue weighted by atomic mass is 32.1.